The van der Waals surface area contributed by atoms with Gasteiger partial charge in [-0.05, 0) is 31.4 Å². The summed E-state index contributed by atoms with van der Waals surface area (Å²) in [4.78, 5) is 0. The standard InChI is InChI=1S/C15H16F3NO2/c1-9-7-11(13(21-2)8-12(9)19)14(20,15(16,17)18)6-5-10-3-4-10/h7-8,10,20H,3-4,19H2,1-2H3. The van der Waals surface area contributed by atoms with Crippen LogP contribution in [0, 0.1) is 24.7 Å². The van der Waals surface area contributed by atoms with Crippen LogP contribution in [-0.2, 0) is 5.60 Å². The Hall–Kier alpha value is -1.87. The molecule has 1 aliphatic carbocycles. The van der Waals surface area contributed by atoms with Crippen molar-refractivity contribution >= 4 is 5.69 Å². The van der Waals surface area contributed by atoms with E-state index in [0.717, 1.165) is 12.8 Å². The van der Waals surface area contributed by atoms with Crippen LogP contribution in [0.2, 0.25) is 0 Å². The minimum atomic E-state index is -4.94. The number of ether oxygens (including phenoxy) is 1. The third-order valence-electron chi connectivity index (χ3n) is 3.42. The lowest BCUT2D eigenvalue weighted by atomic mass is 9.90. The van der Waals surface area contributed by atoms with Crippen molar-refractivity contribution in [3.63, 3.8) is 0 Å². The van der Waals surface area contributed by atoms with Crippen LogP contribution in [0.5, 0.6) is 5.75 Å². The number of nitrogens with two attached hydrogens (primary N) is 1. The predicted molar refractivity (Wildman–Crippen MR) is 72.6 cm³/mol. The number of halogens is 3. The van der Waals surface area contributed by atoms with Crippen molar-refractivity contribution in [2.24, 2.45) is 5.92 Å². The number of benzene rings is 1. The fourth-order valence-corrected chi connectivity index (χ4v) is 1.88. The Morgan fingerprint density at radius 1 is 1.33 bits per heavy atom. The van der Waals surface area contributed by atoms with Gasteiger partial charge in [-0.1, -0.05) is 11.8 Å². The summed E-state index contributed by atoms with van der Waals surface area (Å²) in [5.74, 6) is 4.27. The van der Waals surface area contributed by atoms with Crippen molar-refractivity contribution in [2.45, 2.75) is 31.5 Å². The Morgan fingerprint density at radius 2 is 1.95 bits per heavy atom. The second-order valence-electron chi connectivity index (χ2n) is 5.16. The van der Waals surface area contributed by atoms with Crippen molar-refractivity contribution in [3.8, 4) is 17.6 Å². The maximum atomic E-state index is 13.4. The molecule has 3 nitrogen and oxygen atoms in total. The number of anilines is 1. The van der Waals surface area contributed by atoms with E-state index in [4.69, 9.17) is 10.5 Å². The first-order valence-electron chi connectivity index (χ1n) is 6.45. The quantitative estimate of drug-likeness (QED) is 0.652. The Kier molecular flexibility index (Phi) is 3.81. The number of aryl methyl sites for hydroxylation is 1. The summed E-state index contributed by atoms with van der Waals surface area (Å²) in [6.45, 7) is 1.56. The topological polar surface area (TPSA) is 55.5 Å². The fraction of sp³-hybridized carbons (Fsp3) is 0.467. The van der Waals surface area contributed by atoms with Crippen LogP contribution < -0.4 is 10.5 Å². The van der Waals surface area contributed by atoms with Gasteiger partial charge in [-0.3, -0.25) is 0 Å². The average molecular weight is 299 g/mol. The molecule has 3 N–H and O–H groups in total. The summed E-state index contributed by atoms with van der Waals surface area (Å²) < 4.78 is 45.0. The van der Waals surface area contributed by atoms with Gasteiger partial charge in [0.1, 0.15) is 5.75 Å². The molecule has 0 heterocycles. The number of aliphatic hydroxyl groups is 1. The van der Waals surface area contributed by atoms with E-state index < -0.39 is 17.3 Å². The minimum absolute atomic E-state index is 0.0697. The van der Waals surface area contributed by atoms with Gasteiger partial charge in [0.05, 0.1) is 7.11 Å². The van der Waals surface area contributed by atoms with Gasteiger partial charge < -0.3 is 15.6 Å². The largest absolute Gasteiger partial charge is 0.496 e. The highest BCUT2D eigenvalue weighted by molar-refractivity contribution is 5.58. The highest BCUT2D eigenvalue weighted by atomic mass is 19.4. The summed E-state index contributed by atoms with van der Waals surface area (Å²) in [5, 5.41) is 10.2. The number of hydrogen-bond donors (Lipinski definition) is 2. The molecule has 0 radical (unpaired) electrons. The second-order valence-corrected chi connectivity index (χ2v) is 5.16. The zero-order valence-corrected chi connectivity index (χ0v) is 11.7. The van der Waals surface area contributed by atoms with E-state index in [-0.39, 0.29) is 17.4 Å². The average Bonchev–Trinajstić information content (AvgIpc) is 3.21. The van der Waals surface area contributed by atoms with Gasteiger partial charge in [0, 0.05) is 23.2 Å². The van der Waals surface area contributed by atoms with Crippen LogP contribution in [0.1, 0.15) is 24.0 Å². The summed E-state index contributed by atoms with van der Waals surface area (Å²) in [6, 6.07) is 2.43. The molecule has 6 heteroatoms. The summed E-state index contributed by atoms with van der Waals surface area (Å²) >= 11 is 0. The van der Waals surface area contributed by atoms with E-state index in [1.165, 1.54) is 19.2 Å². The smallest absolute Gasteiger partial charge is 0.433 e. The maximum Gasteiger partial charge on any atom is 0.433 e. The van der Waals surface area contributed by atoms with E-state index in [0.29, 0.717) is 5.56 Å². The zero-order valence-electron chi connectivity index (χ0n) is 11.7. The molecule has 0 amide bonds. The number of alkyl halides is 3. The molecule has 0 saturated heterocycles. The number of nitrogen functional groups attached to an aromatic ring is 1. The van der Waals surface area contributed by atoms with Crippen LogP contribution >= 0.6 is 0 Å². The van der Waals surface area contributed by atoms with Crippen LogP contribution in [0.4, 0.5) is 18.9 Å². The monoisotopic (exact) mass is 299 g/mol. The van der Waals surface area contributed by atoms with Crippen LogP contribution in [-0.4, -0.2) is 18.4 Å². The molecular weight excluding hydrogens is 283 g/mol. The van der Waals surface area contributed by atoms with Gasteiger partial charge in [0.25, 0.3) is 5.60 Å². The molecule has 0 aromatic heterocycles. The first-order valence-corrected chi connectivity index (χ1v) is 6.45. The van der Waals surface area contributed by atoms with Crippen molar-refractivity contribution in [1.82, 2.24) is 0 Å². The molecule has 1 aromatic rings. The lowest BCUT2D eigenvalue weighted by Gasteiger charge is -2.28. The SMILES string of the molecule is COc1cc(N)c(C)cc1C(O)(C#CC1CC1)C(F)(F)F. The Bertz CT molecular complexity index is 612. The van der Waals surface area contributed by atoms with E-state index in [9.17, 15) is 18.3 Å². The molecule has 0 spiro atoms. The van der Waals surface area contributed by atoms with Crippen molar-refractivity contribution in [1.29, 1.82) is 0 Å². The highest BCUT2D eigenvalue weighted by Gasteiger charge is 2.56. The Labute approximate surface area is 120 Å². The van der Waals surface area contributed by atoms with Crippen molar-refractivity contribution in [2.75, 3.05) is 12.8 Å². The van der Waals surface area contributed by atoms with Crippen LogP contribution in [0.25, 0.3) is 0 Å². The molecule has 21 heavy (non-hydrogen) atoms. The first-order chi connectivity index (χ1) is 9.69. The zero-order chi connectivity index (χ0) is 15.8. The van der Waals surface area contributed by atoms with Gasteiger partial charge >= 0.3 is 6.18 Å². The lowest BCUT2D eigenvalue weighted by molar-refractivity contribution is -0.241. The molecule has 2 rings (SSSR count). The fourth-order valence-electron chi connectivity index (χ4n) is 1.88. The summed E-state index contributed by atoms with van der Waals surface area (Å²) in [7, 11) is 1.22. The Balaban J connectivity index is 2.61. The minimum Gasteiger partial charge on any atom is -0.496 e. The molecule has 1 atom stereocenters. The molecule has 0 aliphatic heterocycles. The Morgan fingerprint density at radius 3 is 2.43 bits per heavy atom. The second kappa shape index (κ2) is 5.15. The van der Waals surface area contributed by atoms with E-state index >= 15 is 0 Å². The summed E-state index contributed by atoms with van der Waals surface area (Å²) in [6.07, 6.45) is -3.41. The molecular formula is C15H16F3NO2. The molecule has 1 saturated carbocycles. The molecule has 114 valence electrons. The molecule has 1 aliphatic rings. The lowest BCUT2D eigenvalue weighted by Crippen LogP contribution is -2.41. The molecule has 1 unspecified atom stereocenters. The highest BCUT2D eigenvalue weighted by Crippen LogP contribution is 2.44. The van der Waals surface area contributed by atoms with Crippen LogP contribution in [0.15, 0.2) is 12.1 Å². The van der Waals surface area contributed by atoms with Gasteiger partial charge in [-0.25, -0.2) is 0 Å². The third-order valence-corrected chi connectivity index (χ3v) is 3.42. The molecule has 1 aromatic carbocycles. The van der Waals surface area contributed by atoms with Crippen LogP contribution in [0.3, 0.4) is 0 Å². The van der Waals surface area contributed by atoms with Gasteiger partial charge in [0.15, 0.2) is 0 Å². The van der Waals surface area contributed by atoms with Crippen molar-refractivity contribution in [3.05, 3.63) is 23.3 Å². The van der Waals surface area contributed by atoms with Crippen molar-refractivity contribution < 1.29 is 23.0 Å². The van der Waals surface area contributed by atoms with Gasteiger partial charge in [-0.2, -0.15) is 13.2 Å². The van der Waals surface area contributed by atoms with E-state index in [1.807, 2.05) is 5.92 Å². The van der Waals surface area contributed by atoms with E-state index in [1.54, 1.807) is 6.92 Å². The van der Waals surface area contributed by atoms with E-state index in [2.05, 4.69) is 5.92 Å². The molecule has 0 bridgehead atoms. The number of hydrogen-bond acceptors (Lipinski definition) is 3. The van der Waals surface area contributed by atoms with Gasteiger partial charge in [0.2, 0.25) is 0 Å². The van der Waals surface area contributed by atoms with Gasteiger partial charge in [-0.15, -0.1) is 0 Å². The normalized spacial score (nSPS) is 17.6. The summed E-state index contributed by atoms with van der Waals surface area (Å²) in [5.41, 5.74) is 2.68. The predicted octanol–water partition coefficient (Wildman–Crippen LogP) is 2.75. The first kappa shape index (κ1) is 15.5. The molecule has 1 fully saturated rings. The third kappa shape index (κ3) is 2.93. The number of methoxy groups -OCH3 is 1. The number of rotatable bonds is 2. The maximum absolute atomic E-state index is 13.4.